The molecule has 0 amide bonds. The monoisotopic (exact) mass is 246 g/mol. The number of aryl methyl sites for hydroxylation is 1. The maximum Gasteiger partial charge on any atom is 0.143 e. The van der Waals surface area contributed by atoms with Gasteiger partial charge < -0.3 is 5.11 Å². The number of rotatable bonds is 2. The second kappa shape index (κ2) is 4.97. The number of phenols is 1. The zero-order valence-corrected chi connectivity index (χ0v) is 10.0. The number of phenolic OH excluding ortho intramolecular Hbond substituents is 1. The van der Waals surface area contributed by atoms with Crippen molar-refractivity contribution < 1.29 is 5.11 Å². The molecule has 0 saturated heterocycles. The number of hydrogen-bond donors (Lipinski definition) is 1. The summed E-state index contributed by atoms with van der Waals surface area (Å²) in [6.45, 7) is 1.93. The zero-order valence-electron chi connectivity index (χ0n) is 9.26. The number of azo groups is 1. The van der Waals surface area contributed by atoms with Gasteiger partial charge in [-0.1, -0.05) is 23.7 Å². The zero-order chi connectivity index (χ0) is 12.3. The normalized spacial score (nSPS) is 10.9. The third kappa shape index (κ3) is 3.04. The van der Waals surface area contributed by atoms with Crippen molar-refractivity contribution in [1.29, 1.82) is 0 Å². The molecule has 2 rings (SSSR count). The van der Waals surface area contributed by atoms with E-state index < -0.39 is 0 Å². The number of benzene rings is 2. The molecule has 0 bridgehead atoms. The minimum absolute atomic E-state index is 0.112. The lowest BCUT2D eigenvalue weighted by Crippen LogP contribution is -1.72. The Balaban J connectivity index is 2.29. The maximum atomic E-state index is 9.59. The van der Waals surface area contributed by atoms with E-state index in [0.29, 0.717) is 16.4 Å². The number of halogens is 1. The Morgan fingerprint density at radius 2 is 1.88 bits per heavy atom. The van der Waals surface area contributed by atoms with Crippen LogP contribution < -0.4 is 0 Å². The lowest BCUT2D eigenvalue weighted by atomic mass is 10.2. The van der Waals surface area contributed by atoms with Crippen molar-refractivity contribution in [2.75, 3.05) is 0 Å². The molecule has 0 aromatic heterocycles. The SMILES string of the molecule is Cc1ccc(O)c(N=Nc2cccc(Cl)c2)c1. The van der Waals surface area contributed by atoms with Crippen molar-refractivity contribution in [2.24, 2.45) is 10.2 Å². The Hall–Kier alpha value is -1.87. The summed E-state index contributed by atoms with van der Waals surface area (Å²) in [5.41, 5.74) is 2.12. The molecular formula is C13H11ClN2O. The van der Waals surface area contributed by atoms with Crippen LogP contribution in [-0.2, 0) is 0 Å². The van der Waals surface area contributed by atoms with Crippen molar-refractivity contribution in [3.05, 3.63) is 53.1 Å². The Morgan fingerprint density at radius 3 is 2.65 bits per heavy atom. The first kappa shape index (κ1) is 11.6. The molecule has 2 aromatic carbocycles. The number of aromatic hydroxyl groups is 1. The van der Waals surface area contributed by atoms with Crippen LogP contribution in [0.15, 0.2) is 52.7 Å². The molecule has 0 aliphatic carbocycles. The smallest absolute Gasteiger partial charge is 0.143 e. The molecule has 0 heterocycles. The van der Waals surface area contributed by atoms with Crippen LogP contribution >= 0.6 is 11.6 Å². The summed E-state index contributed by atoms with van der Waals surface area (Å²) in [7, 11) is 0. The van der Waals surface area contributed by atoms with Crippen molar-refractivity contribution in [3.8, 4) is 5.75 Å². The highest BCUT2D eigenvalue weighted by atomic mass is 35.5. The van der Waals surface area contributed by atoms with E-state index >= 15 is 0 Å². The van der Waals surface area contributed by atoms with Gasteiger partial charge in [0, 0.05) is 5.02 Å². The highest BCUT2D eigenvalue weighted by Gasteiger charge is 1.99. The molecule has 0 spiro atoms. The molecule has 3 nitrogen and oxygen atoms in total. The lowest BCUT2D eigenvalue weighted by molar-refractivity contribution is 0.476. The lowest BCUT2D eigenvalue weighted by Gasteiger charge is -1.99. The van der Waals surface area contributed by atoms with Crippen LogP contribution in [-0.4, -0.2) is 5.11 Å². The fourth-order valence-corrected chi connectivity index (χ4v) is 1.55. The maximum absolute atomic E-state index is 9.59. The number of nitrogens with zero attached hydrogens (tertiary/aromatic N) is 2. The summed E-state index contributed by atoms with van der Waals surface area (Å²) in [5.74, 6) is 0.112. The molecule has 0 saturated carbocycles. The van der Waals surface area contributed by atoms with Crippen molar-refractivity contribution in [3.63, 3.8) is 0 Å². The average Bonchev–Trinajstić information content (AvgIpc) is 2.30. The standard InChI is InChI=1S/C13H11ClN2O/c1-9-5-6-13(17)12(7-9)16-15-11-4-2-3-10(14)8-11/h2-8,17H,1H3. The van der Waals surface area contributed by atoms with E-state index in [1.165, 1.54) is 0 Å². The van der Waals surface area contributed by atoms with Crippen molar-refractivity contribution >= 4 is 23.0 Å². The van der Waals surface area contributed by atoms with Crippen molar-refractivity contribution in [1.82, 2.24) is 0 Å². The molecule has 1 N–H and O–H groups in total. The first-order valence-corrected chi connectivity index (χ1v) is 5.50. The van der Waals surface area contributed by atoms with E-state index in [1.54, 1.807) is 36.4 Å². The molecule has 0 aliphatic rings. The quantitative estimate of drug-likeness (QED) is 0.762. The molecule has 2 aromatic rings. The molecule has 0 atom stereocenters. The third-order valence-corrected chi connectivity index (χ3v) is 2.45. The van der Waals surface area contributed by atoms with Crippen LogP contribution in [0.2, 0.25) is 5.02 Å². The van der Waals surface area contributed by atoms with Gasteiger partial charge in [0.15, 0.2) is 0 Å². The van der Waals surface area contributed by atoms with Gasteiger partial charge in [0.05, 0.1) is 5.69 Å². The van der Waals surface area contributed by atoms with E-state index in [1.807, 2.05) is 13.0 Å². The van der Waals surface area contributed by atoms with Crippen LogP contribution in [0.5, 0.6) is 5.75 Å². The largest absolute Gasteiger partial charge is 0.506 e. The van der Waals surface area contributed by atoms with Gasteiger partial charge >= 0.3 is 0 Å². The predicted molar refractivity (Wildman–Crippen MR) is 68.5 cm³/mol. The summed E-state index contributed by atoms with van der Waals surface area (Å²) in [6.07, 6.45) is 0. The molecule has 4 heteroatoms. The Labute approximate surface area is 104 Å². The van der Waals surface area contributed by atoms with Gasteiger partial charge in [0.25, 0.3) is 0 Å². The summed E-state index contributed by atoms with van der Waals surface area (Å²) in [6, 6.07) is 12.2. The third-order valence-electron chi connectivity index (χ3n) is 2.21. The minimum Gasteiger partial charge on any atom is -0.506 e. The predicted octanol–water partition coefficient (Wildman–Crippen LogP) is 4.77. The molecular weight excluding hydrogens is 236 g/mol. The van der Waals surface area contributed by atoms with Gasteiger partial charge in [-0.05, 0) is 42.8 Å². The van der Waals surface area contributed by atoms with E-state index in [2.05, 4.69) is 10.2 Å². The highest BCUT2D eigenvalue weighted by molar-refractivity contribution is 6.30. The summed E-state index contributed by atoms with van der Waals surface area (Å²) >= 11 is 5.83. The van der Waals surface area contributed by atoms with E-state index in [-0.39, 0.29) is 5.75 Å². The van der Waals surface area contributed by atoms with Gasteiger partial charge in [-0.2, -0.15) is 5.11 Å². The molecule has 17 heavy (non-hydrogen) atoms. The van der Waals surface area contributed by atoms with Gasteiger partial charge in [-0.15, -0.1) is 5.11 Å². The number of hydrogen-bond acceptors (Lipinski definition) is 3. The van der Waals surface area contributed by atoms with Gasteiger partial charge in [-0.3, -0.25) is 0 Å². The van der Waals surface area contributed by atoms with Gasteiger partial charge in [0.2, 0.25) is 0 Å². The summed E-state index contributed by atoms with van der Waals surface area (Å²) < 4.78 is 0. The topological polar surface area (TPSA) is 45.0 Å². The fraction of sp³-hybridized carbons (Fsp3) is 0.0769. The highest BCUT2D eigenvalue weighted by Crippen LogP contribution is 2.29. The van der Waals surface area contributed by atoms with Crippen LogP contribution in [0.25, 0.3) is 0 Å². The van der Waals surface area contributed by atoms with Crippen LogP contribution in [0.4, 0.5) is 11.4 Å². The molecule has 86 valence electrons. The van der Waals surface area contributed by atoms with Gasteiger partial charge in [0.1, 0.15) is 11.4 Å². The average molecular weight is 247 g/mol. The summed E-state index contributed by atoms with van der Waals surface area (Å²) in [5, 5.41) is 18.2. The Kier molecular flexibility index (Phi) is 3.40. The van der Waals surface area contributed by atoms with Crippen LogP contribution in [0.3, 0.4) is 0 Å². The first-order chi connectivity index (χ1) is 8.15. The minimum atomic E-state index is 0.112. The Bertz CT molecular complexity index is 567. The first-order valence-electron chi connectivity index (χ1n) is 5.12. The second-order valence-electron chi connectivity index (χ2n) is 3.67. The van der Waals surface area contributed by atoms with E-state index in [0.717, 1.165) is 5.56 Å². The Morgan fingerprint density at radius 1 is 1.06 bits per heavy atom. The van der Waals surface area contributed by atoms with E-state index in [4.69, 9.17) is 11.6 Å². The van der Waals surface area contributed by atoms with Crippen molar-refractivity contribution in [2.45, 2.75) is 6.92 Å². The summed E-state index contributed by atoms with van der Waals surface area (Å²) in [4.78, 5) is 0. The van der Waals surface area contributed by atoms with E-state index in [9.17, 15) is 5.11 Å². The molecule has 0 radical (unpaired) electrons. The molecule has 0 unspecified atom stereocenters. The van der Waals surface area contributed by atoms with Crippen LogP contribution in [0, 0.1) is 6.92 Å². The molecule has 0 aliphatic heterocycles. The fourth-order valence-electron chi connectivity index (χ4n) is 1.36. The van der Waals surface area contributed by atoms with Gasteiger partial charge in [-0.25, -0.2) is 0 Å². The molecule has 0 fully saturated rings. The van der Waals surface area contributed by atoms with Crippen LogP contribution in [0.1, 0.15) is 5.56 Å². The second-order valence-corrected chi connectivity index (χ2v) is 4.11.